The summed E-state index contributed by atoms with van der Waals surface area (Å²) in [7, 11) is 0. The molecule has 0 aliphatic rings. The second kappa shape index (κ2) is 5.10. The topological polar surface area (TPSA) is 30.7 Å². The number of rotatable bonds is 2. The highest BCUT2D eigenvalue weighted by molar-refractivity contribution is 14.1. The Morgan fingerprint density at radius 2 is 1.74 bits per heavy atom. The zero-order valence-electron chi connectivity index (χ0n) is 10.2. The van der Waals surface area contributed by atoms with E-state index in [4.69, 9.17) is 0 Å². The standard InChI is InChI=1S/C12H11F3IN3/c1-7(2)19-10(8-3-5-9(16)6-4-8)17-11(18-19)12(13,14)15/h3-7H,1-2H3. The quantitative estimate of drug-likeness (QED) is 0.732. The summed E-state index contributed by atoms with van der Waals surface area (Å²) in [4.78, 5) is 3.63. The second-order valence-electron chi connectivity index (χ2n) is 4.30. The molecule has 0 amide bonds. The molecular formula is C12H11F3IN3. The molecule has 2 rings (SSSR count). The third kappa shape index (κ3) is 3.07. The Labute approximate surface area is 122 Å². The van der Waals surface area contributed by atoms with E-state index in [0.717, 1.165) is 3.57 Å². The fraction of sp³-hybridized carbons (Fsp3) is 0.333. The molecule has 2 aromatic rings. The number of nitrogens with zero attached hydrogens (tertiary/aromatic N) is 3. The van der Waals surface area contributed by atoms with Crippen molar-refractivity contribution < 1.29 is 13.2 Å². The van der Waals surface area contributed by atoms with Crippen LogP contribution in [-0.4, -0.2) is 14.8 Å². The van der Waals surface area contributed by atoms with E-state index < -0.39 is 12.0 Å². The fourth-order valence-electron chi connectivity index (χ4n) is 1.60. The van der Waals surface area contributed by atoms with Crippen molar-refractivity contribution in [1.29, 1.82) is 0 Å². The summed E-state index contributed by atoms with van der Waals surface area (Å²) < 4.78 is 40.4. The number of benzene rings is 1. The van der Waals surface area contributed by atoms with Crippen LogP contribution in [0.1, 0.15) is 25.7 Å². The van der Waals surface area contributed by atoms with Gasteiger partial charge in [0.05, 0.1) is 0 Å². The average Bonchev–Trinajstić information content (AvgIpc) is 2.74. The average molecular weight is 381 g/mol. The minimum atomic E-state index is -4.53. The molecule has 1 aromatic heterocycles. The van der Waals surface area contributed by atoms with Gasteiger partial charge in [-0.2, -0.15) is 13.2 Å². The molecule has 0 bridgehead atoms. The molecule has 19 heavy (non-hydrogen) atoms. The Hall–Kier alpha value is -1.12. The molecule has 0 unspecified atom stereocenters. The first-order valence-corrected chi connectivity index (χ1v) is 6.66. The Kier molecular flexibility index (Phi) is 3.84. The van der Waals surface area contributed by atoms with Gasteiger partial charge in [0.25, 0.3) is 5.82 Å². The molecule has 0 spiro atoms. The molecule has 0 saturated heterocycles. The molecule has 1 heterocycles. The van der Waals surface area contributed by atoms with Crippen LogP contribution in [0.2, 0.25) is 0 Å². The van der Waals surface area contributed by atoms with Gasteiger partial charge in [0.1, 0.15) is 0 Å². The maximum atomic E-state index is 12.7. The molecule has 3 nitrogen and oxygen atoms in total. The first-order valence-electron chi connectivity index (χ1n) is 5.58. The van der Waals surface area contributed by atoms with Gasteiger partial charge in [-0.25, -0.2) is 9.67 Å². The summed E-state index contributed by atoms with van der Waals surface area (Å²) in [6, 6.07) is 6.93. The SMILES string of the molecule is CC(C)n1nc(C(F)(F)F)nc1-c1ccc(I)cc1. The zero-order valence-corrected chi connectivity index (χ0v) is 12.4. The summed E-state index contributed by atoms with van der Waals surface area (Å²) in [6.07, 6.45) is -4.53. The highest BCUT2D eigenvalue weighted by Gasteiger charge is 2.37. The van der Waals surface area contributed by atoms with E-state index in [1.165, 1.54) is 4.68 Å². The molecule has 0 aliphatic carbocycles. The van der Waals surface area contributed by atoms with Crippen molar-refractivity contribution in [3.05, 3.63) is 33.7 Å². The largest absolute Gasteiger partial charge is 0.453 e. The van der Waals surface area contributed by atoms with Gasteiger partial charge in [-0.1, -0.05) is 12.1 Å². The Bertz CT molecular complexity index is 573. The molecule has 0 radical (unpaired) electrons. The van der Waals surface area contributed by atoms with Crippen molar-refractivity contribution in [2.75, 3.05) is 0 Å². The normalized spacial score (nSPS) is 12.2. The monoisotopic (exact) mass is 381 g/mol. The number of hydrogen-bond acceptors (Lipinski definition) is 2. The van der Waals surface area contributed by atoms with Crippen molar-refractivity contribution in [2.24, 2.45) is 0 Å². The zero-order chi connectivity index (χ0) is 14.2. The minimum absolute atomic E-state index is 0.196. The van der Waals surface area contributed by atoms with Crippen LogP contribution in [0, 0.1) is 3.57 Å². The van der Waals surface area contributed by atoms with Crippen molar-refractivity contribution in [2.45, 2.75) is 26.1 Å². The number of aromatic nitrogens is 3. The van der Waals surface area contributed by atoms with Crippen molar-refractivity contribution >= 4 is 22.6 Å². The smallest absolute Gasteiger partial charge is 0.243 e. The molecule has 1 aromatic carbocycles. The molecule has 0 atom stereocenters. The van der Waals surface area contributed by atoms with E-state index in [1.54, 1.807) is 26.0 Å². The van der Waals surface area contributed by atoms with Gasteiger partial charge >= 0.3 is 6.18 Å². The Morgan fingerprint density at radius 3 is 2.21 bits per heavy atom. The van der Waals surface area contributed by atoms with Gasteiger partial charge in [-0.3, -0.25) is 0 Å². The van der Waals surface area contributed by atoms with Gasteiger partial charge in [-0.05, 0) is 48.6 Å². The van der Waals surface area contributed by atoms with Crippen LogP contribution in [0.5, 0.6) is 0 Å². The maximum absolute atomic E-state index is 12.7. The first kappa shape index (κ1) is 14.3. The lowest BCUT2D eigenvalue weighted by atomic mass is 10.2. The van der Waals surface area contributed by atoms with Crippen LogP contribution < -0.4 is 0 Å². The molecule has 7 heteroatoms. The van der Waals surface area contributed by atoms with Crippen LogP contribution >= 0.6 is 22.6 Å². The predicted molar refractivity (Wildman–Crippen MR) is 73.6 cm³/mol. The summed E-state index contributed by atoms with van der Waals surface area (Å²) in [5.74, 6) is -0.867. The highest BCUT2D eigenvalue weighted by atomic mass is 127. The lowest BCUT2D eigenvalue weighted by Crippen LogP contribution is -2.10. The van der Waals surface area contributed by atoms with Crippen LogP contribution in [0.3, 0.4) is 0 Å². The van der Waals surface area contributed by atoms with E-state index in [-0.39, 0.29) is 11.9 Å². The van der Waals surface area contributed by atoms with Gasteiger partial charge in [0, 0.05) is 15.2 Å². The Balaban J connectivity index is 2.55. The maximum Gasteiger partial charge on any atom is 0.453 e. The van der Waals surface area contributed by atoms with Crippen LogP contribution in [-0.2, 0) is 6.18 Å². The number of alkyl halides is 3. The van der Waals surface area contributed by atoms with E-state index in [0.29, 0.717) is 5.56 Å². The summed E-state index contributed by atoms with van der Waals surface area (Å²) in [6.45, 7) is 3.54. The molecule has 0 N–H and O–H groups in total. The molecule has 0 saturated carbocycles. The minimum Gasteiger partial charge on any atom is -0.243 e. The third-order valence-electron chi connectivity index (χ3n) is 2.48. The van der Waals surface area contributed by atoms with Gasteiger partial charge in [-0.15, -0.1) is 5.10 Å². The molecule has 0 aliphatic heterocycles. The summed E-state index contributed by atoms with van der Waals surface area (Å²) in [5.41, 5.74) is 0.622. The van der Waals surface area contributed by atoms with E-state index in [2.05, 4.69) is 32.7 Å². The third-order valence-corrected chi connectivity index (χ3v) is 3.20. The lowest BCUT2D eigenvalue weighted by Gasteiger charge is -2.09. The predicted octanol–water partition coefficient (Wildman–Crippen LogP) is 4.15. The van der Waals surface area contributed by atoms with E-state index in [9.17, 15) is 13.2 Å². The van der Waals surface area contributed by atoms with Gasteiger partial charge in [0.15, 0.2) is 5.82 Å². The second-order valence-corrected chi connectivity index (χ2v) is 5.55. The fourth-order valence-corrected chi connectivity index (χ4v) is 1.96. The van der Waals surface area contributed by atoms with Crippen molar-refractivity contribution in [1.82, 2.24) is 14.8 Å². The van der Waals surface area contributed by atoms with Crippen LogP contribution in [0.15, 0.2) is 24.3 Å². The number of halogens is 4. The van der Waals surface area contributed by atoms with E-state index >= 15 is 0 Å². The van der Waals surface area contributed by atoms with Crippen molar-refractivity contribution in [3.63, 3.8) is 0 Å². The molecule has 0 fully saturated rings. The van der Waals surface area contributed by atoms with Crippen molar-refractivity contribution in [3.8, 4) is 11.4 Å². The number of hydrogen-bond donors (Lipinski definition) is 0. The highest BCUT2D eigenvalue weighted by Crippen LogP contribution is 2.30. The summed E-state index contributed by atoms with van der Waals surface area (Å²) in [5, 5.41) is 3.56. The lowest BCUT2D eigenvalue weighted by molar-refractivity contribution is -0.145. The molecular weight excluding hydrogens is 370 g/mol. The van der Waals surface area contributed by atoms with Crippen LogP contribution in [0.4, 0.5) is 13.2 Å². The van der Waals surface area contributed by atoms with Crippen LogP contribution in [0.25, 0.3) is 11.4 Å². The molecule has 102 valence electrons. The Morgan fingerprint density at radius 1 is 1.16 bits per heavy atom. The van der Waals surface area contributed by atoms with Gasteiger partial charge < -0.3 is 0 Å². The first-order chi connectivity index (χ1) is 8.79. The van der Waals surface area contributed by atoms with E-state index in [1.807, 2.05) is 12.1 Å². The summed E-state index contributed by atoms with van der Waals surface area (Å²) >= 11 is 2.13. The van der Waals surface area contributed by atoms with Gasteiger partial charge in [0.2, 0.25) is 0 Å².